The van der Waals surface area contributed by atoms with Crippen LogP contribution in [0.15, 0.2) is 30.6 Å². The molecule has 0 bridgehead atoms. The third-order valence-corrected chi connectivity index (χ3v) is 3.51. The van der Waals surface area contributed by atoms with E-state index in [4.69, 9.17) is 4.74 Å². The number of hydrogen-bond acceptors (Lipinski definition) is 4. The summed E-state index contributed by atoms with van der Waals surface area (Å²) in [6.45, 7) is 5.95. The first-order chi connectivity index (χ1) is 8.56. The van der Waals surface area contributed by atoms with Crippen molar-refractivity contribution in [1.29, 1.82) is 0 Å². The Morgan fingerprint density at radius 3 is 2.67 bits per heavy atom. The minimum atomic E-state index is -0.632. The Hall–Kier alpha value is -1.39. The fraction of sp³-hybridized carbons (Fsp3) is 0.357. The SMILES string of the molecule is Cc1ccc(C(O)c2cncc(OC(C)C)c2)s1. The molecular weight excluding hydrogens is 246 g/mol. The quantitative estimate of drug-likeness (QED) is 0.920. The highest BCUT2D eigenvalue weighted by atomic mass is 32.1. The van der Waals surface area contributed by atoms with E-state index in [1.807, 2.05) is 39.0 Å². The van der Waals surface area contributed by atoms with Gasteiger partial charge in [0.2, 0.25) is 0 Å². The molecule has 0 saturated carbocycles. The van der Waals surface area contributed by atoms with Crippen LogP contribution in [0.2, 0.25) is 0 Å². The molecule has 96 valence electrons. The molecule has 0 radical (unpaired) electrons. The number of aromatic nitrogens is 1. The first kappa shape index (κ1) is 13.1. The van der Waals surface area contributed by atoms with Gasteiger partial charge < -0.3 is 9.84 Å². The van der Waals surface area contributed by atoms with Crippen LogP contribution in [0.4, 0.5) is 0 Å². The Morgan fingerprint density at radius 2 is 2.06 bits per heavy atom. The van der Waals surface area contributed by atoms with Gasteiger partial charge in [-0.15, -0.1) is 11.3 Å². The fourth-order valence-corrected chi connectivity index (χ4v) is 2.58. The Balaban J connectivity index is 2.22. The van der Waals surface area contributed by atoms with Crippen molar-refractivity contribution >= 4 is 11.3 Å². The molecular formula is C14H17NO2S. The van der Waals surface area contributed by atoms with Crippen LogP contribution in [0.3, 0.4) is 0 Å². The van der Waals surface area contributed by atoms with Gasteiger partial charge in [-0.1, -0.05) is 0 Å². The van der Waals surface area contributed by atoms with Gasteiger partial charge in [0.25, 0.3) is 0 Å². The molecule has 4 heteroatoms. The van der Waals surface area contributed by atoms with E-state index < -0.39 is 6.10 Å². The summed E-state index contributed by atoms with van der Waals surface area (Å²) < 4.78 is 5.58. The molecule has 2 rings (SSSR count). The topological polar surface area (TPSA) is 42.4 Å². The van der Waals surface area contributed by atoms with Crippen LogP contribution < -0.4 is 4.74 Å². The number of aryl methyl sites for hydroxylation is 1. The van der Waals surface area contributed by atoms with E-state index in [2.05, 4.69) is 4.98 Å². The van der Waals surface area contributed by atoms with Crippen LogP contribution in [-0.2, 0) is 0 Å². The molecule has 2 aromatic rings. The Bertz CT molecular complexity index is 522. The molecule has 0 aliphatic heterocycles. The summed E-state index contributed by atoms with van der Waals surface area (Å²) in [7, 11) is 0. The largest absolute Gasteiger partial charge is 0.489 e. The fourth-order valence-electron chi connectivity index (χ4n) is 1.69. The number of aliphatic hydroxyl groups excluding tert-OH is 1. The lowest BCUT2D eigenvalue weighted by atomic mass is 10.1. The number of ether oxygens (including phenoxy) is 1. The van der Waals surface area contributed by atoms with Crippen molar-refractivity contribution in [2.75, 3.05) is 0 Å². The number of rotatable bonds is 4. The van der Waals surface area contributed by atoms with Crippen molar-refractivity contribution in [3.63, 3.8) is 0 Å². The van der Waals surface area contributed by atoms with Crippen molar-refractivity contribution in [2.24, 2.45) is 0 Å². The van der Waals surface area contributed by atoms with E-state index in [1.54, 1.807) is 23.7 Å². The molecule has 2 heterocycles. The average molecular weight is 263 g/mol. The van der Waals surface area contributed by atoms with Gasteiger partial charge in [0, 0.05) is 21.5 Å². The average Bonchev–Trinajstić information content (AvgIpc) is 2.74. The van der Waals surface area contributed by atoms with Crippen molar-refractivity contribution in [3.05, 3.63) is 45.9 Å². The molecule has 0 aliphatic carbocycles. The van der Waals surface area contributed by atoms with E-state index in [9.17, 15) is 5.11 Å². The minimum Gasteiger partial charge on any atom is -0.489 e. The zero-order valence-electron chi connectivity index (χ0n) is 10.8. The predicted molar refractivity (Wildman–Crippen MR) is 73.1 cm³/mol. The Morgan fingerprint density at radius 1 is 1.28 bits per heavy atom. The van der Waals surface area contributed by atoms with E-state index in [1.165, 1.54) is 4.88 Å². The second kappa shape index (κ2) is 5.50. The standard InChI is InChI=1S/C14H17NO2S/c1-9(2)17-12-6-11(7-15-8-12)14(16)13-5-4-10(3)18-13/h4-9,14,16H,1-3H3. The lowest BCUT2D eigenvalue weighted by Gasteiger charge is -2.12. The first-order valence-electron chi connectivity index (χ1n) is 5.92. The molecule has 0 amide bonds. The third kappa shape index (κ3) is 3.09. The Labute approximate surface area is 111 Å². The first-order valence-corrected chi connectivity index (χ1v) is 6.74. The number of hydrogen-bond donors (Lipinski definition) is 1. The van der Waals surface area contributed by atoms with Gasteiger partial charge in [0.05, 0.1) is 12.3 Å². The van der Waals surface area contributed by atoms with Crippen molar-refractivity contribution in [1.82, 2.24) is 4.98 Å². The van der Waals surface area contributed by atoms with E-state index in [0.29, 0.717) is 5.75 Å². The predicted octanol–water partition coefficient (Wildman–Crippen LogP) is 3.32. The lowest BCUT2D eigenvalue weighted by molar-refractivity contribution is 0.219. The lowest BCUT2D eigenvalue weighted by Crippen LogP contribution is -2.07. The summed E-state index contributed by atoms with van der Waals surface area (Å²) in [4.78, 5) is 6.22. The van der Waals surface area contributed by atoms with Crippen LogP contribution in [0.1, 0.15) is 35.3 Å². The summed E-state index contributed by atoms with van der Waals surface area (Å²) >= 11 is 1.59. The molecule has 0 aromatic carbocycles. The van der Waals surface area contributed by atoms with Crippen molar-refractivity contribution < 1.29 is 9.84 Å². The molecule has 1 N–H and O–H groups in total. The van der Waals surface area contributed by atoms with Crippen LogP contribution in [0.25, 0.3) is 0 Å². The van der Waals surface area contributed by atoms with Crippen molar-refractivity contribution in [3.8, 4) is 5.75 Å². The Kier molecular flexibility index (Phi) is 3.99. The molecule has 1 atom stereocenters. The molecule has 0 fully saturated rings. The number of pyridine rings is 1. The van der Waals surface area contributed by atoms with Crippen molar-refractivity contribution in [2.45, 2.75) is 33.0 Å². The van der Waals surface area contributed by atoms with Crippen LogP contribution >= 0.6 is 11.3 Å². The van der Waals surface area contributed by atoms with Gasteiger partial charge in [-0.3, -0.25) is 4.98 Å². The summed E-state index contributed by atoms with van der Waals surface area (Å²) in [5, 5.41) is 10.3. The summed E-state index contributed by atoms with van der Waals surface area (Å²) in [5.74, 6) is 0.690. The highest BCUT2D eigenvalue weighted by Crippen LogP contribution is 2.29. The van der Waals surface area contributed by atoms with Gasteiger partial charge in [0.1, 0.15) is 11.9 Å². The zero-order chi connectivity index (χ0) is 13.1. The second-order valence-electron chi connectivity index (χ2n) is 4.47. The van der Waals surface area contributed by atoms with Crippen LogP contribution in [-0.4, -0.2) is 16.2 Å². The number of aliphatic hydroxyl groups is 1. The third-order valence-electron chi connectivity index (χ3n) is 2.45. The van der Waals surface area contributed by atoms with Gasteiger partial charge in [-0.25, -0.2) is 0 Å². The van der Waals surface area contributed by atoms with Gasteiger partial charge in [-0.05, 0) is 39.0 Å². The highest BCUT2D eigenvalue weighted by molar-refractivity contribution is 7.12. The number of thiophene rings is 1. The van der Waals surface area contributed by atoms with E-state index >= 15 is 0 Å². The van der Waals surface area contributed by atoms with Crippen LogP contribution in [0.5, 0.6) is 5.75 Å². The maximum atomic E-state index is 10.3. The molecule has 2 aromatic heterocycles. The molecule has 1 unspecified atom stereocenters. The van der Waals surface area contributed by atoms with E-state index in [0.717, 1.165) is 10.4 Å². The normalized spacial score (nSPS) is 12.7. The maximum absolute atomic E-state index is 10.3. The van der Waals surface area contributed by atoms with Gasteiger partial charge in [0.15, 0.2) is 0 Å². The molecule has 0 saturated heterocycles. The highest BCUT2D eigenvalue weighted by Gasteiger charge is 2.13. The molecule has 3 nitrogen and oxygen atoms in total. The minimum absolute atomic E-state index is 0.100. The summed E-state index contributed by atoms with van der Waals surface area (Å²) in [5.41, 5.74) is 0.759. The molecule has 0 aliphatic rings. The van der Waals surface area contributed by atoms with Crippen LogP contribution in [0, 0.1) is 6.92 Å². The smallest absolute Gasteiger partial charge is 0.138 e. The summed E-state index contributed by atoms with van der Waals surface area (Å²) in [6, 6.07) is 5.79. The van der Waals surface area contributed by atoms with Gasteiger partial charge >= 0.3 is 0 Å². The second-order valence-corrected chi connectivity index (χ2v) is 5.79. The van der Waals surface area contributed by atoms with E-state index in [-0.39, 0.29) is 6.10 Å². The monoisotopic (exact) mass is 263 g/mol. The summed E-state index contributed by atoms with van der Waals surface area (Å²) in [6.07, 6.45) is 2.80. The maximum Gasteiger partial charge on any atom is 0.138 e. The zero-order valence-corrected chi connectivity index (χ0v) is 11.6. The van der Waals surface area contributed by atoms with Gasteiger partial charge in [-0.2, -0.15) is 0 Å². The number of nitrogens with zero attached hydrogens (tertiary/aromatic N) is 1. The molecule has 0 spiro atoms. The molecule has 18 heavy (non-hydrogen) atoms.